The Kier molecular flexibility index (Phi) is 6.25. The van der Waals surface area contributed by atoms with Gasteiger partial charge in [0.15, 0.2) is 0 Å². The third kappa shape index (κ3) is 4.85. The molecule has 0 unspecified atom stereocenters. The van der Waals surface area contributed by atoms with Gasteiger partial charge in [-0.3, -0.25) is 4.79 Å². The van der Waals surface area contributed by atoms with Crippen LogP contribution in [-0.4, -0.2) is 36.0 Å². The molecule has 0 fully saturated rings. The van der Waals surface area contributed by atoms with Crippen LogP contribution >= 0.6 is 0 Å². The summed E-state index contributed by atoms with van der Waals surface area (Å²) in [6.45, 7) is 7.62. The van der Waals surface area contributed by atoms with Crippen LogP contribution in [0.15, 0.2) is 6.07 Å². The molecule has 0 aromatic carbocycles. The van der Waals surface area contributed by atoms with Gasteiger partial charge >= 0.3 is 0 Å². The second kappa shape index (κ2) is 7.71. The summed E-state index contributed by atoms with van der Waals surface area (Å²) in [5.74, 6) is 0.493. The lowest BCUT2D eigenvalue weighted by atomic mass is 10.3. The number of rotatable bonds is 7. The van der Waals surface area contributed by atoms with E-state index in [1.54, 1.807) is 6.07 Å². The van der Waals surface area contributed by atoms with Gasteiger partial charge in [-0.05, 0) is 25.8 Å². The number of nitrogens with one attached hydrogen (secondary N) is 1. The number of aryl methyl sites for hydroxylation is 1. The molecule has 0 spiro atoms. The normalized spacial score (nSPS) is 10.3. The van der Waals surface area contributed by atoms with Crippen LogP contribution in [0.5, 0.6) is 0 Å². The van der Waals surface area contributed by atoms with Gasteiger partial charge in [-0.15, -0.1) is 0 Å². The fraction of sp³-hybridized carbons (Fsp3) is 0.643. The van der Waals surface area contributed by atoms with Gasteiger partial charge in [-0.2, -0.15) is 0 Å². The van der Waals surface area contributed by atoms with Gasteiger partial charge in [0.25, 0.3) is 5.91 Å². The summed E-state index contributed by atoms with van der Waals surface area (Å²) in [7, 11) is 1.96. The molecule has 106 valence electrons. The van der Waals surface area contributed by atoms with E-state index in [2.05, 4.69) is 22.2 Å². The predicted octanol–water partition coefficient (Wildman–Crippen LogP) is 2.16. The fourth-order valence-electron chi connectivity index (χ4n) is 1.66. The number of hydrogen-bond donors (Lipinski definition) is 1. The van der Waals surface area contributed by atoms with Gasteiger partial charge in [0, 0.05) is 25.8 Å². The van der Waals surface area contributed by atoms with Crippen LogP contribution in [-0.2, 0) is 0 Å². The zero-order valence-electron chi connectivity index (χ0n) is 12.4. The monoisotopic (exact) mass is 264 g/mol. The van der Waals surface area contributed by atoms with E-state index >= 15 is 0 Å². The molecule has 0 bridgehead atoms. The van der Waals surface area contributed by atoms with Crippen molar-refractivity contribution in [1.82, 2.24) is 15.3 Å². The number of anilines is 1. The number of nitrogens with zero attached hydrogens (tertiary/aromatic N) is 3. The van der Waals surface area contributed by atoms with Crippen molar-refractivity contribution in [3.05, 3.63) is 17.5 Å². The van der Waals surface area contributed by atoms with Crippen molar-refractivity contribution in [3.63, 3.8) is 0 Å². The molecule has 0 radical (unpaired) electrons. The summed E-state index contributed by atoms with van der Waals surface area (Å²) < 4.78 is 0. The molecule has 19 heavy (non-hydrogen) atoms. The summed E-state index contributed by atoms with van der Waals surface area (Å²) in [5, 5.41) is 2.84. The lowest BCUT2D eigenvalue weighted by Gasteiger charge is -2.17. The predicted molar refractivity (Wildman–Crippen MR) is 77.6 cm³/mol. The van der Waals surface area contributed by atoms with Crippen LogP contribution in [0.3, 0.4) is 0 Å². The molecule has 1 aromatic rings. The van der Waals surface area contributed by atoms with E-state index in [4.69, 9.17) is 0 Å². The minimum absolute atomic E-state index is 0.127. The molecule has 1 aromatic heterocycles. The molecule has 0 aliphatic rings. The van der Waals surface area contributed by atoms with Crippen LogP contribution < -0.4 is 10.2 Å². The van der Waals surface area contributed by atoms with Crippen molar-refractivity contribution in [1.29, 1.82) is 0 Å². The maximum Gasteiger partial charge on any atom is 0.270 e. The van der Waals surface area contributed by atoms with Gasteiger partial charge in [-0.1, -0.05) is 20.3 Å². The van der Waals surface area contributed by atoms with Crippen molar-refractivity contribution in [3.8, 4) is 0 Å². The third-order valence-electron chi connectivity index (χ3n) is 2.80. The topological polar surface area (TPSA) is 58.1 Å². The minimum atomic E-state index is -0.127. The van der Waals surface area contributed by atoms with Gasteiger partial charge in [0.05, 0.1) is 0 Å². The first-order valence-electron chi connectivity index (χ1n) is 6.93. The zero-order valence-corrected chi connectivity index (χ0v) is 12.4. The molecular formula is C14H24N4O. The molecule has 1 heterocycles. The Morgan fingerprint density at radius 2 is 2.05 bits per heavy atom. The molecule has 5 nitrogen and oxygen atoms in total. The highest BCUT2D eigenvalue weighted by Gasteiger charge is 2.12. The average Bonchev–Trinajstić information content (AvgIpc) is 2.41. The molecule has 1 amide bonds. The number of hydrogen-bond acceptors (Lipinski definition) is 4. The number of aromatic nitrogens is 2. The van der Waals surface area contributed by atoms with E-state index in [0.717, 1.165) is 31.5 Å². The molecule has 0 atom stereocenters. The quantitative estimate of drug-likeness (QED) is 0.820. The van der Waals surface area contributed by atoms with Crippen molar-refractivity contribution < 1.29 is 4.79 Å². The van der Waals surface area contributed by atoms with E-state index in [0.29, 0.717) is 18.2 Å². The Balaban J connectivity index is 2.84. The van der Waals surface area contributed by atoms with E-state index in [1.807, 2.05) is 25.8 Å². The Labute approximate surface area is 115 Å². The highest BCUT2D eigenvalue weighted by atomic mass is 16.1. The molecule has 5 heteroatoms. The average molecular weight is 264 g/mol. The summed E-state index contributed by atoms with van der Waals surface area (Å²) >= 11 is 0. The number of carbonyl (C=O) groups is 1. The Morgan fingerprint density at radius 1 is 1.32 bits per heavy atom. The van der Waals surface area contributed by atoms with Crippen molar-refractivity contribution in [2.45, 2.75) is 40.0 Å². The second-order valence-electron chi connectivity index (χ2n) is 4.73. The van der Waals surface area contributed by atoms with Gasteiger partial charge in [0.1, 0.15) is 5.69 Å². The molecule has 1 rings (SSSR count). The standard InChI is InChI=1S/C14H24N4O/c1-5-7-9-18(4)14-16-11(3)10-12(17-14)13(19)15-8-6-2/h10H,5-9H2,1-4H3,(H,15,19). The zero-order chi connectivity index (χ0) is 14.3. The molecule has 0 saturated carbocycles. The number of amides is 1. The fourth-order valence-corrected chi connectivity index (χ4v) is 1.66. The molecular weight excluding hydrogens is 240 g/mol. The molecule has 0 aliphatic heterocycles. The summed E-state index contributed by atoms with van der Waals surface area (Å²) in [6.07, 6.45) is 3.13. The van der Waals surface area contributed by atoms with Gasteiger partial charge < -0.3 is 10.2 Å². The lowest BCUT2D eigenvalue weighted by Crippen LogP contribution is -2.27. The van der Waals surface area contributed by atoms with Crippen molar-refractivity contribution >= 4 is 11.9 Å². The molecule has 0 aliphatic carbocycles. The smallest absolute Gasteiger partial charge is 0.270 e. The Morgan fingerprint density at radius 3 is 2.68 bits per heavy atom. The van der Waals surface area contributed by atoms with E-state index in [9.17, 15) is 4.79 Å². The molecule has 1 N–H and O–H groups in total. The SMILES string of the molecule is CCCCN(C)c1nc(C)cc(C(=O)NCCC)n1. The maximum atomic E-state index is 11.9. The third-order valence-corrected chi connectivity index (χ3v) is 2.80. The van der Waals surface area contributed by atoms with Crippen molar-refractivity contribution in [2.75, 3.05) is 25.0 Å². The van der Waals surface area contributed by atoms with Crippen LogP contribution in [0.2, 0.25) is 0 Å². The van der Waals surface area contributed by atoms with E-state index in [1.165, 1.54) is 0 Å². The highest BCUT2D eigenvalue weighted by Crippen LogP contribution is 2.09. The van der Waals surface area contributed by atoms with Crippen LogP contribution in [0.1, 0.15) is 49.3 Å². The number of unbranched alkanes of at least 4 members (excludes halogenated alkanes) is 1. The summed E-state index contributed by atoms with van der Waals surface area (Å²) in [6, 6.07) is 1.72. The van der Waals surface area contributed by atoms with Crippen LogP contribution in [0, 0.1) is 6.92 Å². The first kappa shape index (κ1) is 15.4. The van der Waals surface area contributed by atoms with Gasteiger partial charge in [0.2, 0.25) is 5.95 Å². The molecule has 0 saturated heterocycles. The largest absolute Gasteiger partial charge is 0.351 e. The second-order valence-corrected chi connectivity index (χ2v) is 4.73. The number of carbonyl (C=O) groups excluding carboxylic acids is 1. The van der Waals surface area contributed by atoms with Gasteiger partial charge in [-0.25, -0.2) is 9.97 Å². The summed E-state index contributed by atoms with van der Waals surface area (Å²) in [4.78, 5) is 22.6. The lowest BCUT2D eigenvalue weighted by molar-refractivity contribution is 0.0948. The van der Waals surface area contributed by atoms with E-state index in [-0.39, 0.29) is 5.91 Å². The van der Waals surface area contributed by atoms with E-state index < -0.39 is 0 Å². The Hall–Kier alpha value is -1.65. The van der Waals surface area contributed by atoms with Crippen molar-refractivity contribution in [2.24, 2.45) is 0 Å². The minimum Gasteiger partial charge on any atom is -0.351 e. The van der Waals surface area contributed by atoms with Crippen LogP contribution in [0.4, 0.5) is 5.95 Å². The summed E-state index contributed by atoms with van der Waals surface area (Å²) in [5.41, 5.74) is 1.26. The highest BCUT2D eigenvalue weighted by molar-refractivity contribution is 5.92. The first-order valence-corrected chi connectivity index (χ1v) is 6.93. The van der Waals surface area contributed by atoms with Crippen LogP contribution in [0.25, 0.3) is 0 Å². The Bertz CT molecular complexity index is 420. The maximum absolute atomic E-state index is 11.9. The first-order chi connectivity index (χ1) is 9.08.